The zero-order valence-corrected chi connectivity index (χ0v) is 9.80. The van der Waals surface area contributed by atoms with Gasteiger partial charge in [0.25, 0.3) is 5.69 Å². The van der Waals surface area contributed by atoms with Crippen molar-refractivity contribution in [3.8, 4) is 5.75 Å². The second-order valence-electron chi connectivity index (χ2n) is 4.25. The highest BCUT2D eigenvalue weighted by Gasteiger charge is 2.46. The first kappa shape index (κ1) is 12.3. The van der Waals surface area contributed by atoms with E-state index in [1.54, 1.807) is 6.07 Å². The average Bonchev–Trinajstić information content (AvgIpc) is 3.09. The predicted octanol–water partition coefficient (Wildman–Crippen LogP) is 1.03. The van der Waals surface area contributed by atoms with Crippen molar-refractivity contribution in [3.05, 3.63) is 28.3 Å². The van der Waals surface area contributed by atoms with Crippen molar-refractivity contribution >= 4 is 17.3 Å². The highest BCUT2D eigenvalue weighted by Crippen LogP contribution is 2.35. The van der Waals surface area contributed by atoms with Gasteiger partial charge in [0.1, 0.15) is 11.4 Å². The van der Waals surface area contributed by atoms with Crippen LogP contribution in [0.2, 0.25) is 0 Å². The van der Waals surface area contributed by atoms with Crippen LogP contribution in [-0.4, -0.2) is 23.5 Å². The van der Waals surface area contributed by atoms with E-state index in [9.17, 15) is 14.9 Å². The van der Waals surface area contributed by atoms with E-state index in [1.165, 1.54) is 19.2 Å². The Hall–Kier alpha value is -2.15. The molecule has 0 atom stereocenters. The molecule has 7 nitrogen and oxygen atoms in total. The van der Waals surface area contributed by atoms with Crippen molar-refractivity contribution in [2.24, 2.45) is 5.73 Å². The van der Waals surface area contributed by atoms with E-state index in [0.717, 1.165) is 0 Å². The molecule has 7 heteroatoms. The average molecular weight is 251 g/mol. The highest BCUT2D eigenvalue weighted by molar-refractivity contribution is 6.01. The molecule has 3 N–H and O–H groups in total. The number of amides is 1. The lowest BCUT2D eigenvalue weighted by atomic mass is 10.2. The SMILES string of the molecule is COc1ccc(NC(=O)C2(N)CC2)c([N+](=O)[O-])c1. The number of nitro groups is 1. The minimum Gasteiger partial charge on any atom is -0.496 e. The first-order chi connectivity index (χ1) is 8.46. The van der Waals surface area contributed by atoms with Gasteiger partial charge in [0, 0.05) is 0 Å². The topological polar surface area (TPSA) is 107 Å². The Bertz CT molecular complexity index is 511. The van der Waals surface area contributed by atoms with Crippen molar-refractivity contribution in [1.29, 1.82) is 0 Å². The fraction of sp³-hybridized carbons (Fsp3) is 0.364. The molecule has 96 valence electrons. The van der Waals surface area contributed by atoms with Crippen LogP contribution in [-0.2, 0) is 4.79 Å². The molecule has 1 fully saturated rings. The van der Waals surface area contributed by atoms with Crippen LogP contribution in [0.15, 0.2) is 18.2 Å². The molecule has 1 aromatic carbocycles. The van der Waals surface area contributed by atoms with Crippen LogP contribution in [0.1, 0.15) is 12.8 Å². The molecule has 1 saturated carbocycles. The largest absolute Gasteiger partial charge is 0.496 e. The van der Waals surface area contributed by atoms with Crippen molar-refractivity contribution < 1.29 is 14.5 Å². The number of carbonyl (C=O) groups is 1. The number of nitrogens with one attached hydrogen (secondary N) is 1. The summed E-state index contributed by atoms with van der Waals surface area (Å²) in [4.78, 5) is 22.1. The van der Waals surface area contributed by atoms with Gasteiger partial charge in [0.2, 0.25) is 5.91 Å². The van der Waals surface area contributed by atoms with Crippen molar-refractivity contribution in [3.63, 3.8) is 0 Å². The summed E-state index contributed by atoms with van der Waals surface area (Å²) in [6.45, 7) is 0. The summed E-state index contributed by atoms with van der Waals surface area (Å²) in [7, 11) is 1.41. The van der Waals surface area contributed by atoms with E-state index in [-0.39, 0.29) is 11.4 Å². The van der Waals surface area contributed by atoms with Crippen LogP contribution in [0.5, 0.6) is 5.75 Å². The second kappa shape index (κ2) is 4.26. The summed E-state index contributed by atoms with van der Waals surface area (Å²) in [5.74, 6) is -0.0376. The third-order valence-corrected chi connectivity index (χ3v) is 2.89. The van der Waals surface area contributed by atoms with E-state index >= 15 is 0 Å². The fourth-order valence-corrected chi connectivity index (χ4v) is 1.50. The van der Waals surface area contributed by atoms with Crippen LogP contribution in [0, 0.1) is 10.1 Å². The number of nitro benzene ring substituents is 1. The molecule has 0 radical (unpaired) electrons. The summed E-state index contributed by atoms with van der Waals surface area (Å²) < 4.78 is 4.90. The third kappa shape index (κ3) is 2.25. The normalized spacial score (nSPS) is 15.9. The molecule has 2 rings (SSSR count). The van der Waals surface area contributed by atoms with Gasteiger partial charge in [-0.05, 0) is 25.0 Å². The fourth-order valence-electron chi connectivity index (χ4n) is 1.50. The molecule has 18 heavy (non-hydrogen) atoms. The molecular formula is C11H13N3O4. The summed E-state index contributed by atoms with van der Waals surface area (Å²) in [5, 5.41) is 13.4. The number of hydrogen-bond donors (Lipinski definition) is 2. The molecule has 1 amide bonds. The van der Waals surface area contributed by atoms with Crippen LogP contribution in [0.3, 0.4) is 0 Å². The molecule has 0 spiro atoms. The van der Waals surface area contributed by atoms with Gasteiger partial charge < -0.3 is 15.8 Å². The van der Waals surface area contributed by atoms with Crippen molar-refractivity contribution in [1.82, 2.24) is 0 Å². The second-order valence-corrected chi connectivity index (χ2v) is 4.25. The number of nitrogens with two attached hydrogens (primary N) is 1. The third-order valence-electron chi connectivity index (χ3n) is 2.89. The lowest BCUT2D eigenvalue weighted by Gasteiger charge is -2.10. The standard InChI is InChI=1S/C11H13N3O4/c1-18-7-2-3-8(9(6-7)14(16)17)13-10(15)11(12)4-5-11/h2-3,6H,4-5,12H2,1H3,(H,13,15). The maximum Gasteiger partial charge on any atom is 0.296 e. The number of nitrogens with zero attached hydrogens (tertiary/aromatic N) is 1. The monoisotopic (exact) mass is 251 g/mol. The van der Waals surface area contributed by atoms with Crippen LogP contribution < -0.4 is 15.8 Å². The zero-order valence-electron chi connectivity index (χ0n) is 9.80. The number of methoxy groups -OCH3 is 1. The first-order valence-electron chi connectivity index (χ1n) is 5.39. The Morgan fingerprint density at radius 1 is 1.56 bits per heavy atom. The summed E-state index contributed by atoms with van der Waals surface area (Å²) in [6.07, 6.45) is 1.20. The van der Waals surface area contributed by atoms with E-state index in [4.69, 9.17) is 10.5 Å². The number of benzene rings is 1. The van der Waals surface area contributed by atoms with Crippen LogP contribution >= 0.6 is 0 Å². The Balaban J connectivity index is 2.26. The highest BCUT2D eigenvalue weighted by atomic mass is 16.6. The minimum absolute atomic E-state index is 0.127. The number of hydrogen-bond acceptors (Lipinski definition) is 5. The Labute approximate surface area is 103 Å². The van der Waals surface area contributed by atoms with Gasteiger partial charge in [0.05, 0.1) is 23.6 Å². The van der Waals surface area contributed by atoms with Gasteiger partial charge in [-0.15, -0.1) is 0 Å². The summed E-state index contributed by atoms with van der Waals surface area (Å²) in [6, 6.07) is 4.23. The van der Waals surface area contributed by atoms with Gasteiger partial charge in [-0.25, -0.2) is 0 Å². The Kier molecular flexibility index (Phi) is 2.92. The first-order valence-corrected chi connectivity index (χ1v) is 5.39. The number of rotatable bonds is 4. The Morgan fingerprint density at radius 2 is 2.22 bits per heavy atom. The molecule has 0 aliphatic heterocycles. The molecule has 0 saturated heterocycles. The molecule has 0 bridgehead atoms. The molecule has 1 aliphatic rings. The van der Waals surface area contributed by atoms with Gasteiger partial charge in [0.15, 0.2) is 0 Å². The van der Waals surface area contributed by atoms with Crippen molar-refractivity contribution in [2.75, 3.05) is 12.4 Å². The molecular weight excluding hydrogens is 238 g/mol. The number of anilines is 1. The lowest BCUT2D eigenvalue weighted by Crippen LogP contribution is -2.37. The van der Waals surface area contributed by atoms with Gasteiger partial charge >= 0.3 is 0 Å². The smallest absolute Gasteiger partial charge is 0.296 e. The molecule has 0 aromatic heterocycles. The van der Waals surface area contributed by atoms with E-state index in [1.807, 2.05) is 0 Å². The van der Waals surface area contributed by atoms with Crippen molar-refractivity contribution in [2.45, 2.75) is 18.4 Å². The van der Waals surface area contributed by atoms with Crippen LogP contribution in [0.25, 0.3) is 0 Å². The van der Waals surface area contributed by atoms with Gasteiger partial charge in [-0.2, -0.15) is 0 Å². The van der Waals surface area contributed by atoms with Gasteiger partial charge in [-0.1, -0.05) is 0 Å². The predicted molar refractivity (Wildman–Crippen MR) is 64.4 cm³/mol. The quantitative estimate of drug-likeness (QED) is 0.613. The van der Waals surface area contributed by atoms with Crippen LogP contribution in [0.4, 0.5) is 11.4 Å². The number of ether oxygens (including phenoxy) is 1. The van der Waals surface area contributed by atoms with E-state index < -0.39 is 16.4 Å². The van der Waals surface area contributed by atoms with Gasteiger partial charge in [-0.3, -0.25) is 14.9 Å². The van der Waals surface area contributed by atoms with E-state index in [0.29, 0.717) is 18.6 Å². The maximum absolute atomic E-state index is 11.7. The molecule has 1 aliphatic carbocycles. The lowest BCUT2D eigenvalue weighted by molar-refractivity contribution is -0.384. The number of carbonyl (C=O) groups excluding carboxylic acids is 1. The van der Waals surface area contributed by atoms with E-state index in [2.05, 4.69) is 5.32 Å². The summed E-state index contributed by atoms with van der Waals surface area (Å²) >= 11 is 0. The molecule has 0 unspecified atom stereocenters. The maximum atomic E-state index is 11.7. The molecule has 0 heterocycles. The minimum atomic E-state index is -0.867. The zero-order chi connectivity index (χ0) is 13.3. The Morgan fingerprint density at radius 3 is 2.72 bits per heavy atom. The summed E-state index contributed by atoms with van der Waals surface area (Å²) in [5.41, 5.74) is 4.76. The molecule has 1 aromatic rings.